The Hall–Kier alpha value is -1.69. The van der Waals surface area contributed by atoms with Crippen molar-refractivity contribution < 1.29 is 9.13 Å². The van der Waals surface area contributed by atoms with Gasteiger partial charge in [-0.2, -0.15) is 0 Å². The first-order chi connectivity index (χ1) is 10.1. The van der Waals surface area contributed by atoms with E-state index in [1.165, 1.54) is 6.07 Å². The fourth-order valence-electron chi connectivity index (χ4n) is 2.31. The minimum Gasteiger partial charge on any atom is -0.380 e. The Morgan fingerprint density at radius 3 is 2.90 bits per heavy atom. The van der Waals surface area contributed by atoms with E-state index >= 15 is 0 Å². The third kappa shape index (κ3) is 2.60. The minimum absolute atomic E-state index is 0.0679. The van der Waals surface area contributed by atoms with Gasteiger partial charge in [0.1, 0.15) is 5.82 Å². The van der Waals surface area contributed by atoms with Crippen molar-refractivity contribution in [1.29, 1.82) is 0 Å². The van der Waals surface area contributed by atoms with Crippen molar-refractivity contribution in [2.75, 3.05) is 7.11 Å². The van der Waals surface area contributed by atoms with Crippen LogP contribution >= 0.6 is 23.8 Å². The molecular formula is C15H12ClFN2OS. The van der Waals surface area contributed by atoms with Crippen molar-refractivity contribution in [3.63, 3.8) is 0 Å². The number of aromatic amines is 1. The van der Waals surface area contributed by atoms with Gasteiger partial charge in [0.05, 0.1) is 22.7 Å². The summed E-state index contributed by atoms with van der Waals surface area (Å²) in [6, 6.07) is 10.7. The number of imidazole rings is 1. The highest BCUT2D eigenvalue weighted by molar-refractivity contribution is 7.71. The summed E-state index contributed by atoms with van der Waals surface area (Å²) in [4.78, 5) is 2.99. The first-order valence-corrected chi connectivity index (χ1v) is 7.07. The lowest BCUT2D eigenvalue weighted by molar-refractivity contribution is 0.185. The summed E-state index contributed by atoms with van der Waals surface area (Å²) in [5.41, 5.74) is 3.25. The van der Waals surface area contributed by atoms with Crippen LogP contribution in [-0.4, -0.2) is 16.7 Å². The Balaban J connectivity index is 2.24. The van der Waals surface area contributed by atoms with E-state index in [0.717, 1.165) is 16.8 Å². The maximum atomic E-state index is 13.5. The molecule has 0 bridgehead atoms. The molecule has 0 unspecified atom stereocenters. The summed E-state index contributed by atoms with van der Waals surface area (Å²) in [6.07, 6.45) is 0. The van der Waals surface area contributed by atoms with Crippen molar-refractivity contribution in [3.8, 4) is 5.69 Å². The quantitative estimate of drug-likeness (QED) is 0.713. The number of nitrogens with zero attached hydrogens (tertiary/aromatic N) is 1. The number of hydrogen-bond donors (Lipinski definition) is 1. The summed E-state index contributed by atoms with van der Waals surface area (Å²) in [6.45, 7) is 0.513. The molecule has 0 aliphatic rings. The minimum atomic E-state index is -0.472. The monoisotopic (exact) mass is 322 g/mol. The fourth-order valence-corrected chi connectivity index (χ4v) is 2.78. The number of H-pyrrole nitrogens is 1. The molecular weight excluding hydrogens is 311 g/mol. The van der Waals surface area contributed by atoms with Crippen LogP contribution in [0.25, 0.3) is 16.7 Å². The molecule has 0 atom stereocenters. The molecule has 0 aliphatic carbocycles. The first kappa shape index (κ1) is 14.3. The van der Waals surface area contributed by atoms with E-state index in [2.05, 4.69) is 4.98 Å². The van der Waals surface area contributed by atoms with Gasteiger partial charge < -0.3 is 9.72 Å². The highest BCUT2D eigenvalue weighted by Gasteiger charge is 2.10. The lowest BCUT2D eigenvalue weighted by Crippen LogP contribution is -1.96. The number of hydrogen-bond acceptors (Lipinski definition) is 2. The highest BCUT2D eigenvalue weighted by Crippen LogP contribution is 2.25. The molecule has 0 spiro atoms. The molecule has 108 valence electrons. The van der Waals surface area contributed by atoms with Gasteiger partial charge in [-0.3, -0.25) is 4.57 Å². The van der Waals surface area contributed by atoms with Crippen molar-refractivity contribution in [2.45, 2.75) is 6.61 Å². The van der Waals surface area contributed by atoms with Gasteiger partial charge in [0.2, 0.25) is 0 Å². The van der Waals surface area contributed by atoms with Crippen molar-refractivity contribution in [2.24, 2.45) is 0 Å². The smallest absolute Gasteiger partial charge is 0.182 e. The molecule has 1 aromatic heterocycles. The van der Waals surface area contributed by atoms with Gasteiger partial charge in [-0.1, -0.05) is 23.7 Å². The van der Waals surface area contributed by atoms with Gasteiger partial charge in [0.25, 0.3) is 0 Å². The van der Waals surface area contributed by atoms with E-state index in [-0.39, 0.29) is 5.02 Å². The predicted molar refractivity (Wildman–Crippen MR) is 84.1 cm³/mol. The SMILES string of the molecule is COCc1cccc(-n2c(=S)[nH]c3cc(F)c(Cl)cc32)c1. The standard InChI is InChI=1S/C15H12ClFN2OS/c1-20-8-9-3-2-4-10(5-9)19-14-6-11(16)12(17)7-13(14)18-15(19)21/h2-7H,8H2,1H3,(H,18,21). The van der Waals surface area contributed by atoms with Crippen molar-refractivity contribution >= 4 is 34.9 Å². The Morgan fingerprint density at radius 2 is 2.14 bits per heavy atom. The molecule has 6 heteroatoms. The number of nitrogens with one attached hydrogen (secondary N) is 1. The van der Waals surface area contributed by atoms with Crippen LogP contribution in [0.15, 0.2) is 36.4 Å². The summed E-state index contributed by atoms with van der Waals surface area (Å²) in [5.74, 6) is -0.472. The molecule has 0 fully saturated rings. The second kappa shape index (κ2) is 5.60. The van der Waals surface area contributed by atoms with E-state index in [9.17, 15) is 4.39 Å². The summed E-state index contributed by atoms with van der Waals surface area (Å²) in [7, 11) is 1.65. The molecule has 1 heterocycles. The van der Waals surface area contributed by atoms with Crippen LogP contribution in [-0.2, 0) is 11.3 Å². The third-order valence-electron chi connectivity index (χ3n) is 3.20. The molecule has 0 saturated heterocycles. The van der Waals surface area contributed by atoms with Crippen LogP contribution in [0.2, 0.25) is 5.02 Å². The number of ether oxygens (including phenoxy) is 1. The molecule has 0 aliphatic heterocycles. The van der Waals surface area contributed by atoms with Gasteiger partial charge in [-0.15, -0.1) is 0 Å². The maximum Gasteiger partial charge on any atom is 0.182 e. The van der Waals surface area contributed by atoms with Gasteiger partial charge >= 0.3 is 0 Å². The van der Waals surface area contributed by atoms with E-state index < -0.39 is 5.82 Å². The zero-order valence-electron chi connectivity index (χ0n) is 11.2. The van der Waals surface area contributed by atoms with Gasteiger partial charge in [-0.25, -0.2) is 4.39 Å². The molecule has 21 heavy (non-hydrogen) atoms. The van der Waals surface area contributed by atoms with Gasteiger partial charge in [0, 0.05) is 18.9 Å². The lowest BCUT2D eigenvalue weighted by Gasteiger charge is -2.07. The Bertz CT molecular complexity index is 872. The van der Waals surface area contributed by atoms with Crippen molar-refractivity contribution in [1.82, 2.24) is 9.55 Å². The summed E-state index contributed by atoms with van der Waals surface area (Å²) < 4.78 is 21.0. The Labute approximate surface area is 130 Å². The number of aromatic nitrogens is 2. The maximum absolute atomic E-state index is 13.5. The van der Waals surface area contributed by atoms with Crippen LogP contribution in [0, 0.1) is 10.6 Å². The lowest BCUT2D eigenvalue weighted by atomic mass is 10.2. The van der Waals surface area contributed by atoms with Crippen LogP contribution < -0.4 is 0 Å². The summed E-state index contributed by atoms with van der Waals surface area (Å²) >= 11 is 11.2. The van der Waals surface area contributed by atoms with E-state index in [1.807, 2.05) is 28.8 Å². The molecule has 0 saturated carbocycles. The number of benzene rings is 2. The van der Waals surface area contributed by atoms with E-state index in [0.29, 0.717) is 16.9 Å². The number of halogens is 2. The Kier molecular flexibility index (Phi) is 3.80. The summed E-state index contributed by atoms with van der Waals surface area (Å²) in [5, 5.41) is 0.0679. The third-order valence-corrected chi connectivity index (χ3v) is 3.78. The van der Waals surface area contributed by atoms with Crippen LogP contribution in [0.1, 0.15) is 5.56 Å². The molecule has 3 rings (SSSR count). The zero-order valence-corrected chi connectivity index (χ0v) is 12.8. The first-order valence-electron chi connectivity index (χ1n) is 6.28. The molecule has 3 aromatic rings. The van der Waals surface area contributed by atoms with Gasteiger partial charge in [0.15, 0.2) is 4.77 Å². The number of methoxy groups -OCH3 is 1. The van der Waals surface area contributed by atoms with E-state index in [1.54, 1.807) is 13.2 Å². The number of rotatable bonds is 3. The molecule has 0 radical (unpaired) electrons. The topological polar surface area (TPSA) is 29.9 Å². The van der Waals surface area contributed by atoms with Crippen molar-refractivity contribution in [3.05, 3.63) is 57.6 Å². The van der Waals surface area contributed by atoms with Gasteiger partial charge in [-0.05, 0) is 36.0 Å². The second-order valence-electron chi connectivity index (χ2n) is 4.65. The van der Waals surface area contributed by atoms with E-state index in [4.69, 9.17) is 28.6 Å². The molecule has 2 aromatic carbocycles. The second-order valence-corrected chi connectivity index (χ2v) is 5.45. The van der Waals surface area contributed by atoms with Crippen LogP contribution in [0.4, 0.5) is 4.39 Å². The van der Waals surface area contributed by atoms with Crippen LogP contribution in [0.3, 0.4) is 0 Å². The van der Waals surface area contributed by atoms with Crippen LogP contribution in [0.5, 0.6) is 0 Å². The average Bonchev–Trinajstić information content (AvgIpc) is 2.75. The largest absolute Gasteiger partial charge is 0.380 e. The average molecular weight is 323 g/mol. The Morgan fingerprint density at radius 1 is 1.33 bits per heavy atom. The normalized spacial score (nSPS) is 11.2. The molecule has 3 nitrogen and oxygen atoms in total. The predicted octanol–water partition coefficient (Wildman–Crippen LogP) is 4.63. The number of fused-ring (bicyclic) bond motifs is 1. The molecule has 1 N–H and O–H groups in total. The molecule has 0 amide bonds. The zero-order chi connectivity index (χ0) is 15.0. The highest BCUT2D eigenvalue weighted by atomic mass is 35.5. The fraction of sp³-hybridized carbons (Fsp3) is 0.133.